The molecule has 2 unspecified atom stereocenters. The molecule has 1 aliphatic heterocycles. The van der Waals surface area contributed by atoms with Crippen molar-refractivity contribution in [1.82, 2.24) is 9.88 Å². The lowest BCUT2D eigenvalue weighted by atomic mass is 9.52. The SMILES string of the molecule is COc1ccc2c(c1)C13CCN(C(=O)Cc4ccccc4)CC1(C2)Cc1cc2ccccc2nc1C3. The molecule has 1 fully saturated rings. The summed E-state index contributed by atoms with van der Waals surface area (Å²) in [4.78, 5) is 20.8. The third-order valence-electron chi connectivity index (χ3n) is 9.12. The molecule has 4 aromatic rings. The number of aromatic nitrogens is 1. The Labute approximate surface area is 211 Å². The first kappa shape index (κ1) is 21.6. The molecule has 1 amide bonds. The fourth-order valence-corrected chi connectivity index (χ4v) is 7.39. The number of piperidine rings is 1. The number of carbonyl (C=O) groups excluding carboxylic acids is 1. The molecule has 2 aliphatic carbocycles. The normalized spacial score (nSPS) is 24.0. The second kappa shape index (κ2) is 7.92. The summed E-state index contributed by atoms with van der Waals surface area (Å²) in [6.07, 6.45) is 4.29. The molecule has 7 rings (SSSR count). The molecule has 1 saturated heterocycles. The minimum Gasteiger partial charge on any atom is -0.497 e. The predicted octanol–water partition coefficient (Wildman–Crippen LogP) is 5.30. The molecule has 4 nitrogen and oxygen atoms in total. The zero-order valence-electron chi connectivity index (χ0n) is 20.7. The molecule has 3 aromatic carbocycles. The summed E-state index contributed by atoms with van der Waals surface area (Å²) in [5, 5.41) is 1.20. The third kappa shape index (κ3) is 3.13. The van der Waals surface area contributed by atoms with Crippen molar-refractivity contribution in [3.63, 3.8) is 0 Å². The van der Waals surface area contributed by atoms with Crippen LogP contribution in [0.25, 0.3) is 10.9 Å². The number of likely N-dealkylation sites (tertiary alicyclic amines) is 1. The average molecular weight is 475 g/mol. The van der Waals surface area contributed by atoms with Crippen molar-refractivity contribution >= 4 is 16.8 Å². The van der Waals surface area contributed by atoms with Gasteiger partial charge in [-0.2, -0.15) is 0 Å². The predicted molar refractivity (Wildman–Crippen MR) is 141 cm³/mol. The van der Waals surface area contributed by atoms with Gasteiger partial charge in [-0.05, 0) is 65.8 Å². The van der Waals surface area contributed by atoms with Crippen LogP contribution in [0.15, 0.2) is 78.9 Å². The van der Waals surface area contributed by atoms with Crippen molar-refractivity contribution in [2.45, 2.75) is 37.5 Å². The summed E-state index contributed by atoms with van der Waals surface area (Å²) in [6, 6.07) is 27.5. The Morgan fingerprint density at radius 3 is 2.61 bits per heavy atom. The summed E-state index contributed by atoms with van der Waals surface area (Å²) in [6.45, 7) is 1.58. The molecule has 0 bridgehead atoms. The zero-order chi connectivity index (χ0) is 24.3. The second-order valence-corrected chi connectivity index (χ2v) is 10.9. The lowest BCUT2D eigenvalue weighted by molar-refractivity contribution is -0.136. The molecule has 3 aliphatic rings. The van der Waals surface area contributed by atoms with Crippen molar-refractivity contribution in [3.8, 4) is 5.75 Å². The van der Waals surface area contributed by atoms with Crippen molar-refractivity contribution < 1.29 is 9.53 Å². The Balaban J connectivity index is 1.32. The molecular weight excluding hydrogens is 444 g/mol. The number of nitrogens with zero attached hydrogens (tertiary/aromatic N) is 2. The Morgan fingerprint density at radius 1 is 0.944 bits per heavy atom. The topological polar surface area (TPSA) is 42.4 Å². The quantitative estimate of drug-likeness (QED) is 0.405. The number of para-hydroxylation sites is 1. The maximum absolute atomic E-state index is 13.5. The molecular formula is C32H30N2O2. The van der Waals surface area contributed by atoms with E-state index in [0.717, 1.165) is 55.6 Å². The summed E-state index contributed by atoms with van der Waals surface area (Å²) in [5.74, 6) is 1.15. The number of methoxy groups -OCH3 is 1. The van der Waals surface area contributed by atoms with Crippen LogP contribution in [0.5, 0.6) is 5.75 Å². The number of carbonyl (C=O) groups is 1. The van der Waals surface area contributed by atoms with Crippen molar-refractivity contribution in [1.29, 1.82) is 0 Å². The number of rotatable bonds is 3. The molecule has 4 heteroatoms. The summed E-state index contributed by atoms with van der Waals surface area (Å²) >= 11 is 0. The Kier molecular flexibility index (Phi) is 4.76. The molecule has 0 radical (unpaired) electrons. The van der Waals surface area contributed by atoms with Gasteiger partial charge in [0.1, 0.15) is 5.75 Å². The largest absolute Gasteiger partial charge is 0.497 e. The number of amides is 1. The fraction of sp³-hybridized carbons (Fsp3) is 0.312. The van der Waals surface area contributed by atoms with Gasteiger partial charge in [-0.15, -0.1) is 0 Å². The van der Waals surface area contributed by atoms with Crippen LogP contribution >= 0.6 is 0 Å². The van der Waals surface area contributed by atoms with Crippen LogP contribution in [0.1, 0.15) is 34.4 Å². The molecule has 0 N–H and O–H groups in total. The van der Waals surface area contributed by atoms with Crippen LogP contribution in [0.4, 0.5) is 0 Å². The van der Waals surface area contributed by atoms with Crippen LogP contribution in [0.3, 0.4) is 0 Å². The van der Waals surface area contributed by atoms with Gasteiger partial charge in [0.15, 0.2) is 0 Å². The maximum Gasteiger partial charge on any atom is 0.227 e. The average Bonchev–Trinajstić information content (AvgIpc) is 3.19. The highest BCUT2D eigenvalue weighted by molar-refractivity contribution is 5.81. The number of hydrogen-bond donors (Lipinski definition) is 0. The van der Waals surface area contributed by atoms with Crippen LogP contribution in [-0.2, 0) is 35.9 Å². The van der Waals surface area contributed by atoms with Gasteiger partial charge in [0, 0.05) is 41.4 Å². The van der Waals surface area contributed by atoms with E-state index >= 15 is 0 Å². The number of pyridine rings is 1. The van der Waals surface area contributed by atoms with E-state index < -0.39 is 0 Å². The number of ether oxygens (including phenoxy) is 1. The van der Waals surface area contributed by atoms with Gasteiger partial charge >= 0.3 is 0 Å². The van der Waals surface area contributed by atoms with E-state index in [4.69, 9.17) is 9.72 Å². The van der Waals surface area contributed by atoms with Crippen molar-refractivity contribution in [3.05, 3.63) is 107 Å². The molecule has 2 heterocycles. The van der Waals surface area contributed by atoms with E-state index in [-0.39, 0.29) is 16.7 Å². The Bertz CT molecular complexity index is 1500. The van der Waals surface area contributed by atoms with Crippen molar-refractivity contribution in [2.75, 3.05) is 20.2 Å². The monoisotopic (exact) mass is 474 g/mol. The molecule has 0 saturated carbocycles. The Hall–Kier alpha value is -3.66. The first-order chi connectivity index (χ1) is 17.6. The molecule has 1 aromatic heterocycles. The lowest BCUT2D eigenvalue weighted by Gasteiger charge is -2.56. The fourth-order valence-electron chi connectivity index (χ4n) is 7.39. The minimum atomic E-state index is -0.0249. The first-order valence-corrected chi connectivity index (χ1v) is 13.0. The summed E-state index contributed by atoms with van der Waals surface area (Å²) in [5.41, 5.74) is 7.50. The second-order valence-electron chi connectivity index (χ2n) is 10.9. The van der Waals surface area contributed by atoms with E-state index in [1.54, 1.807) is 7.11 Å². The van der Waals surface area contributed by atoms with E-state index in [1.807, 2.05) is 18.2 Å². The highest BCUT2D eigenvalue weighted by atomic mass is 16.5. The van der Waals surface area contributed by atoms with Crippen molar-refractivity contribution in [2.24, 2.45) is 5.41 Å². The maximum atomic E-state index is 13.5. The highest BCUT2D eigenvalue weighted by Crippen LogP contribution is 2.62. The smallest absolute Gasteiger partial charge is 0.227 e. The van der Waals surface area contributed by atoms with Gasteiger partial charge in [-0.3, -0.25) is 9.78 Å². The highest BCUT2D eigenvalue weighted by Gasteiger charge is 2.62. The van der Waals surface area contributed by atoms with Crippen LogP contribution < -0.4 is 4.74 Å². The number of hydrogen-bond acceptors (Lipinski definition) is 3. The molecule has 0 spiro atoms. The molecule has 36 heavy (non-hydrogen) atoms. The van der Waals surface area contributed by atoms with Crippen LogP contribution in [-0.4, -0.2) is 36.0 Å². The number of fused-ring (bicyclic) bond motifs is 3. The van der Waals surface area contributed by atoms with E-state index in [9.17, 15) is 4.79 Å². The van der Waals surface area contributed by atoms with Gasteiger partial charge in [-0.25, -0.2) is 0 Å². The third-order valence-corrected chi connectivity index (χ3v) is 9.12. The molecule has 180 valence electrons. The van der Waals surface area contributed by atoms with Gasteiger partial charge in [0.2, 0.25) is 5.91 Å². The van der Waals surface area contributed by atoms with Gasteiger partial charge in [-0.1, -0.05) is 54.6 Å². The van der Waals surface area contributed by atoms with E-state index in [0.29, 0.717) is 6.42 Å². The van der Waals surface area contributed by atoms with E-state index in [1.165, 1.54) is 27.8 Å². The minimum absolute atomic E-state index is 0.0244. The van der Waals surface area contributed by atoms with Gasteiger partial charge in [0.05, 0.1) is 19.0 Å². The Morgan fingerprint density at radius 2 is 1.75 bits per heavy atom. The molecule has 2 atom stereocenters. The van der Waals surface area contributed by atoms with Crippen LogP contribution in [0.2, 0.25) is 0 Å². The van der Waals surface area contributed by atoms with Crippen LogP contribution in [0, 0.1) is 5.41 Å². The van der Waals surface area contributed by atoms with Gasteiger partial charge < -0.3 is 9.64 Å². The van der Waals surface area contributed by atoms with E-state index in [2.05, 4.69) is 65.6 Å². The number of benzene rings is 3. The standard InChI is InChI=1S/C32H30N2O2/c1-36-26-12-11-24-18-31-19-25-16-23-9-5-6-10-28(23)33-29(25)20-32(31,27(24)17-26)13-14-34(21-31)30(35)15-22-7-3-2-4-8-22/h2-12,16-17H,13-15,18-21H2,1H3. The summed E-state index contributed by atoms with van der Waals surface area (Å²) < 4.78 is 5.67. The zero-order valence-corrected chi connectivity index (χ0v) is 20.7. The van der Waals surface area contributed by atoms with Gasteiger partial charge in [0.25, 0.3) is 0 Å². The first-order valence-electron chi connectivity index (χ1n) is 13.0. The summed E-state index contributed by atoms with van der Waals surface area (Å²) in [7, 11) is 1.75. The lowest BCUT2D eigenvalue weighted by Crippen LogP contribution is -2.61.